The maximum Gasteiger partial charge on any atom is 0.255 e. The van der Waals surface area contributed by atoms with E-state index in [9.17, 15) is 9.59 Å². The van der Waals surface area contributed by atoms with Crippen LogP contribution in [0.3, 0.4) is 0 Å². The van der Waals surface area contributed by atoms with Gasteiger partial charge in [0.05, 0.1) is 0 Å². The van der Waals surface area contributed by atoms with Crippen LogP contribution in [0.25, 0.3) is 0 Å². The molecule has 0 atom stereocenters. The van der Waals surface area contributed by atoms with Gasteiger partial charge < -0.3 is 10.6 Å². The van der Waals surface area contributed by atoms with Gasteiger partial charge in [0.1, 0.15) is 0 Å². The first-order chi connectivity index (χ1) is 12.6. The van der Waals surface area contributed by atoms with E-state index in [1.165, 1.54) is 0 Å². The summed E-state index contributed by atoms with van der Waals surface area (Å²) in [6.45, 7) is 2.46. The largest absolute Gasteiger partial charge is 0.348 e. The number of amides is 2. The minimum atomic E-state index is -0.204. The van der Waals surface area contributed by atoms with Crippen LogP contribution in [0.15, 0.2) is 78.9 Å². The third kappa shape index (κ3) is 4.57. The minimum absolute atomic E-state index is 0.167. The van der Waals surface area contributed by atoms with E-state index in [0.717, 1.165) is 16.8 Å². The number of carbonyl (C=O) groups is 2. The monoisotopic (exact) mass is 344 g/mol. The highest BCUT2D eigenvalue weighted by Crippen LogP contribution is 2.12. The Labute approximate surface area is 152 Å². The predicted octanol–water partition coefficient (Wildman–Crippen LogP) is 4.18. The zero-order chi connectivity index (χ0) is 18.4. The standard InChI is InChI=1S/C22H20N2O2/c1-16-7-13-20(14-8-16)24-22(26)19-11-9-18(10-12-19)21(25)23-15-17-5-3-2-4-6-17/h2-14H,15H2,1H3,(H,23,25)(H,24,26). The SMILES string of the molecule is Cc1ccc(NC(=O)c2ccc(C(=O)NCc3ccccc3)cc2)cc1. The van der Waals surface area contributed by atoms with Gasteiger partial charge >= 0.3 is 0 Å². The van der Waals surface area contributed by atoms with Gasteiger partial charge in [0.2, 0.25) is 0 Å². The minimum Gasteiger partial charge on any atom is -0.348 e. The Morgan fingerprint density at radius 1 is 0.731 bits per heavy atom. The van der Waals surface area contributed by atoms with Crippen molar-refractivity contribution in [2.45, 2.75) is 13.5 Å². The van der Waals surface area contributed by atoms with Crippen molar-refractivity contribution in [1.82, 2.24) is 5.32 Å². The molecule has 3 aromatic rings. The number of rotatable bonds is 5. The summed E-state index contributed by atoms with van der Waals surface area (Å²) in [6.07, 6.45) is 0. The average molecular weight is 344 g/mol. The molecule has 130 valence electrons. The van der Waals surface area contributed by atoms with Crippen LogP contribution >= 0.6 is 0 Å². The van der Waals surface area contributed by atoms with Gasteiger partial charge in [0.25, 0.3) is 11.8 Å². The fourth-order valence-corrected chi connectivity index (χ4v) is 2.49. The molecule has 0 fully saturated rings. The van der Waals surface area contributed by atoms with E-state index in [1.54, 1.807) is 24.3 Å². The second-order valence-electron chi connectivity index (χ2n) is 6.07. The molecule has 3 aromatic carbocycles. The normalized spacial score (nSPS) is 10.2. The second-order valence-corrected chi connectivity index (χ2v) is 6.07. The number of anilines is 1. The maximum atomic E-state index is 12.3. The Morgan fingerprint density at radius 2 is 1.31 bits per heavy atom. The predicted molar refractivity (Wildman–Crippen MR) is 103 cm³/mol. The summed E-state index contributed by atoms with van der Waals surface area (Å²) in [7, 11) is 0. The maximum absolute atomic E-state index is 12.3. The number of benzene rings is 3. The van der Waals surface area contributed by atoms with Crippen molar-refractivity contribution in [3.63, 3.8) is 0 Å². The van der Waals surface area contributed by atoms with Crippen molar-refractivity contribution in [2.75, 3.05) is 5.32 Å². The molecule has 0 aliphatic carbocycles. The topological polar surface area (TPSA) is 58.2 Å². The molecular formula is C22H20N2O2. The van der Waals surface area contributed by atoms with Crippen LogP contribution < -0.4 is 10.6 Å². The van der Waals surface area contributed by atoms with E-state index in [2.05, 4.69) is 10.6 Å². The molecule has 2 amide bonds. The van der Waals surface area contributed by atoms with Crippen molar-refractivity contribution in [2.24, 2.45) is 0 Å². The molecule has 0 bridgehead atoms. The van der Waals surface area contributed by atoms with E-state index in [4.69, 9.17) is 0 Å². The molecule has 0 aliphatic rings. The van der Waals surface area contributed by atoms with E-state index >= 15 is 0 Å². The molecule has 0 unspecified atom stereocenters. The van der Waals surface area contributed by atoms with Crippen LogP contribution in [0.2, 0.25) is 0 Å². The average Bonchev–Trinajstić information content (AvgIpc) is 2.69. The molecule has 0 aliphatic heterocycles. The van der Waals surface area contributed by atoms with Crippen LogP contribution in [-0.4, -0.2) is 11.8 Å². The Kier molecular flexibility index (Phi) is 5.44. The summed E-state index contributed by atoms with van der Waals surface area (Å²) in [4.78, 5) is 24.5. The molecule has 26 heavy (non-hydrogen) atoms. The van der Waals surface area contributed by atoms with Gasteiger partial charge in [-0.1, -0.05) is 48.0 Å². The molecule has 0 saturated carbocycles. The van der Waals surface area contributed by atoms with Crippen LogP contribution in [-0.2, 0) is 6.54 Å². The lowest BCUT2D eigenvalue weighted by atomic mass is 10.1. The summed E-state index contributed by atoms with van der Waals surface area (Å²) in [5, 5.41) is 5.71. The Hall–Kier alpha value is -3.40. The zero-order valence-corrected chi connectivity index (χ0v) is 14.5. The highest BCUT2D eigenvalue weighted by Gasteiger charge is 2.09. The molecule has 0 heterocycles. The van der Waals surface area contributed by atoms with Crippen molar-refractivity contribution in [3.05, 3.63) is 101 Å². The van der Waals surface area contributed by atoms with E-state index in [-0.39, 0.29) is 11.8 Å². The third-order valence-corrected chi connectivity index (χ3v) is 4.01. The first-order valence-electron chi connectivity index (χ1n) is 8.42. The van der Waals surface area contributed by atoms with Gasteiger partial charge in [-0.05, 0) is 48.9 Å². The summed E-state index contributed by atoms with van der Waals surface area (Å²) < 4.78 is 0. The van der Waals surface area contributed by atoms with Crippen LogP contribution in [0.1, 0.15) is 31.8 Å². The fraction of sp³-hybridized carbons (Fsp3) is 0.0909. The van der Waals surface area contributed by atoms with Gasteiger partial charge in [-0.3, -0.25) is 9.59 Å². The molecule has 0 spiro atoms. The quantitative estimate of drug-likeness (QED) is 0.729. The molecular weight excluding hydrogens is 324 g/mol. The van der Waals surface area contributed by atoms with Crippen LogP contribution in [0.5, 0.6) is 0 Å². The van der Waals surface area contributed by atoms with E-state index in [1.807, 2.05) is 61.5 Å². The molecule has 0 radical (unpaired) electrons. The highest BCUT2D eigenvalue weighted by atomic mass is 16.2. The highest BCUT2D eigenvalue weighted by molar-refractivity contribution is 6.05. The second kappa shape index (κ2) is 8.12. The smallest absolute Gasteiger partial charge is 0.255 e. The molecule has 3 rings (SSSR count). The van der Waals surface area contributed by atoms with Crippen molar-refractivity contribution in [3.8, 4) is 0 Å². The lowest BCUT2D eigenvalue weighted by Gasteiger charge is -2.08. The van der Waals surface area contributed by atoms with Crippen LogP contribution in [0.4, 0.5) is 5.69 Å². The number of aryl methyl sites for hydroxylation is 1. The molecule has 0 saturated heterocycles. The van der Waals surface area contributed by atoms with E-state index < -0.39 is 0 Å². The number of hydrogen-bond donors (Lipinski definition) is 2. The van der Waals surface area contributed by atoms with Gasteiger partial charge in [-0.2, -0.15) is 0 Å². The summed E-state index contributed by atoms with van der Waals surface area (Å²) >= 11 is 0. The Balaban J connectivity index is 1.59. The van der Waals surface area contributed by atoms with Crippen LogP contribution in [0, 0.1) is 6.92 Å². The third-order valence-electron chi connectivity index (χ3n) is 4.01. The lowest BCUT2D eigenvalue weighted by Crippen LogP contribution is -2.22. The van der Waals surface area contributed by atoms with E-state index in [0.29, 0.717) is 17.7 Å². The Bertz CT molecular complexity index is 886. The lowest BCUT2D eigenvalue weighted by molar-refractivity contribution is 0.0949. The molecule has 0 aromatic heterocycles. The summed E-state index contributed by atoms with van der Waals surface area (Å²) in [5.41, 5.74) is 3.94. The first kappa shape index (κ1) is 17.4. The molecule has 2 N–H and O–H groups in total. The molecule has 4 nitrogen and oxygen atoms in total. The fourth-order valence-electron chi connectivity index (χ4n) is 2.49. The van der Waals surface area contributed by atoms with Gasteiger partial charge in [-0.25, -0.2) is 0 Å². The number of hydrogen-bond acceptors (Lipinski definition) is 2. The van der Waals surface area contributed by atoms with Crippen molar-refractivity contribution < 1.29 is 9.59 Å². The van der Waals surface area contributed by atoms with Gasteiger partial charge in [-0.15, -0.1) is 0 Å². The van der Waals surface area contributed by atoms with Gasteiger partial charge in [0.15, 0.2) is 0 Å². The van der Waals surface area contributed by atoms with Crippen molar-refractivity contribution >= 4 is 17.5 Å². The number of nitrogens with one attached hydrogen (secondary N) is 2. The van der Waals surface area contributed by atoms with Gasteiger partial charge in [0, 0.05) is 23.4 Å². The molecule has 4 heteroatoms. The first-order valence-corrected chi connectivity index (χ1v) is 8.42. The van der Waals surface area contributed by atoms with Crippen molar-refractivity contribution in [1.29, 1.82) is 0 Å². The Morgan fingerprint density at radius 3 is 1.92 bits per heavy atom. The number of carbonyl (C=O) groups excluding carboxylic acids is 2. The zero-order valence-electron chi connectivity index (χ0n) is 14.5. The summed E-state index contributed by atoms with van der Waals surface area (Å²) in [5.74, 6) is -0.371. The summed E-state index contributed by atoms with van der Waals surface area (Å²) in [6, 6.07) is 23.9.